The van der Waals surface area contributed by atoms with Crippen LogP contribution in [-0.4, -0.2) is 31.3 Å². The molecule has 4 rings (SSSR count). The number of rotatable bonds is 4. The molecule has 2 aromatic carbocycles. The number of hydrogen-bond donors (Lipinski definition) is 1. The van der Waals surface area contributed by atoms with E-state index in [1.165, 1.54) is 28.6 Å². The topological polar surface area (TPSA) is 108 Å². The summed E-state index contributed by atoms with van der Waals surface area (Å²) in [6, 6.07) is 12.9. The number of nitriles is 1. The Morgan fingerprint density at radius 2 is 1.91 bits per heavy atom. The fraction of sp³-hybridized carbons (Fsp3) is 0.227. The zero-order chi connectivity index (χ0) is 24.0. The molecule has 0 unspecified atom stereocenters. The van der Waals surface area contributed by atoms with E-state index in [0.29, 0.717) is 11.1 Å². The number of alkyl halides is 3. The van der Waals surface area contributed by atoms with E-state index in [4.69, 9.17) is 5.26 Å². The van der Waals surface area contributed by atoms with Gasteiger partial charge < -0.3 is 5.11 Å². The summed E-state index contributed by atoms with van der Waals surface area (Å²) < 4.78 is 41.3. The molecular formula is C22H17F3N6O2. The fourth-order valence-electron chi connectivity index (χ4n) is 4.32. The molecular weight excluding hydrogens is 437 g/mol. The van der Waals surface area contributed by atoms with Crippen LogP contribution in [0.25, 0.3) is 0 Å². The molecule has 0 fully saturated rings. The lowest BCUT2D eigenvalue weighted by Gasteiger charge is -2.42. The van der Waals surface area contributed by atoms with Gasteiger partial charge in [-0.2, -0.15) is 23.1 Å². The van der Waals surface area contributed by atoms with Gasteiger partial charge in [-0.1, -0.05) is 30.2 Å². The summed E-state index contributed by atoms with van der Waals surface area (Å²) >= 11 is 0. The number of halogens is 3. The first-order valence-electron chi connectivity index (χ1n) is 9.86. The fourth-order valence-corrected chi connectivity index (χ4v) is 4.32. The van der Waals surface area contributed by atoms with Crippen LogP contribution in [0.5, 0.6) is 0 Å². The predicted octanol–water partition coefficient (Wildman–Crippen LogP) is 4.23. The maximum absolute atomic E-state index is 13.3. The number of anilines is 2. The van der Waals surface area contributed by atoms with Gasteiger partial charge in [-0.05, 0) is 59.7 Å². The second-order valence-corrected chi connectivity index (χ2v) is 7.44. The summed E-state index contributed by atoms with van der Waals surface area (Å²) in [5.41, 5.74) is -1.16. The Bertz CT molecular complexity index is 1310. The molecule has 1 aliphatic rings. The van der Waals surface area contributed by atoms with E-state index in [2.05, 4.69) is 15.5 Å². The standard InChI is InChI=1S/C22H17F3N6O2/c1-3-21(15-9-7-14(12-26)8-10-15)18(19(32)33)13(2)30(20-27-28-29-31(20)21)17-6-4-5-16(11-17)22(23,24)25/h4-11H,3H2,1-2H3,(H,32,33)/t21-/m1/s1. The Labute approximate surface area is 186 Å². The van der Waals surface area contributed by atoms with Crippen LogP contribution in [0.1, 0.15) is 37.0 Å². The van der Waals surface area contributed by atoms with E-state index >= 15 is 0 Å². The number of aromatic nitrogens is 4. The van der Waals surface area contributed by atoms with Crippen molar-refractivity contribution in [2.24, 2.45) is 0 Å². The van der Waals surface area contributed by atoms with Gasteiger partial charge in [0.05, 0.1) is 22.8 Å². The molecule has 2 heterocycles. The summed E-state index contributed by atoms with van der Waals surface area (Å²) in [5, 5.41) is 31.2. The van der Waals surface area contributed by atoms with Crippen LogP contribution in [0.2, 0.25) is 0 Å². The van der Waals surface area contributed by atoms with Gasteiger partial charge in [-0.25, -0.2) is 4.79 Å². The van der Waals surface area contributed by atoms with Crippen LogP contribution >= 0.6 is 0 Å². The zero-order valence-corrected chi connectivity index (χ0v) is 17.5. The summed E-state index contributed by atoms with van der Waals surface area (Å²) in [4.78, 5) is 13.9. The minimum atomic E-state index is -4.58. The third kappa shape index (κ3) is 3.31. The Morgan fingerprint density at radius 3 is 2.48 bits per heavy atom. The first-order chi connectivity index (χ1) is 15.6. The summed E-state index contributed by atoms with van der Waals surface area (Å²) in [5.74, 6) is -1.19. The number of hydrogen-bond acceptors (Lipinski definition) is 6. The SMILES string of the molecule is CC[C@@]1(c2ccc(C#N)cc2)C(C(=O)O)=C(C)N(c2cccc(C(F)(F)F)c2)c2nnnn21. The van der Waals surface area contributed by atoms with E-state index in [0.717, 1.165) is 12.1 Å². The predicted molar refractivity (Wildman–Crippen MR) is 110 cm³/mol. The molecule has 0 spiro atoms. The molecule has 0 saturated heterocycles. The number of carbonyl (C=O) groups is 1. The van der Waals surface area contributed by atoms with E-state index in [1.807, 2.05) is 6.07 Å². The minimum Gasteiger partial charge on any atom is -0.478 e. The van der Waals surface area contributed by atoms with Crippen LogP contribution in [0.4, 0.5) is 24.8 Å². The monoisotopic (exact) mass is 454 g/mol. The van der Waals surface area contributed by atoms with Gasteiger partial charge in [-0.15, -0.1) is 0 Å². The Morgan fingerprint density at radius 1 is 1.21 bits per heavy atom. The van der Waals surface area contributed by atoms with E-state index in [-0.39, 0.29) is 29.3 Å². The van der Waals surface area contributed by atoms with Crippen LogP contribution < -0.4 is 4.90 Å². The molecule has 3 aromatic rings. The number of carboxylic acid groups (broad SMARTS) is 1. The second kappa shape index (κ2) is 7.74. The number of allylic oxidation sites excluding steroid dienone is 1. The van der Waals surface area contributed by atoms with Gasteiger partial charge in [0.2, 0.25) is 0 Å². The van der Waals surface area contributed by atoms with E-state index < -0.39 is 23.2 Å². The maximum Gasteiger partial charge on any atom is 0.416 e. The molecule has 1 aromatic heterocycles. The van der Waals surface area contributed by atoms with Gasteiger partial charge in [0, 0.05) is 11.4 Å². The summed E-state index contributed by atoms with van der Waals surface area (Å²) in [7, 11) is 0. The molecule has 11 heteroatoms. The van der Waals surface area contributed by atoms with Gasteiger partial charge in [0.25, 0.3) is 5.95 Å². The summed E-state index contributed by atoms with van der Waals surface area (Å²) in [6.07, 6.45) is -4.35. The number of aliphatic carboxylic acids is 1. The van der Waals surface area contributed by atoms with Crippen LogP contribution in [0, 0.1) is 11.3 Å². The van der Waals surface area contributed by atoms with Crippen LogP contribution in [0.3, 0.4) is 0 Å². The third-order valence-electron chi connectivity index (χ3n) is 5.77. The minimum absolute atomic E-state index is 0.0710. The van der Waals surface area contributed by atoms with Crippen LogP contribution in [-0.2, 0) is 16.5 Å². The number of carboxylic acids is 1. The van der Waals surface area contributed by atoms with Crippen molar-refractivity contribution < 1.29 is 23.1 Å². The average molecular weight is 454 g/mol. The number of benzene rings is 2. The number of tetrazole rings is 1. The highest BCUT2D eigenvalue weighted by Crippen LogP contribution is 2.47. The van der Waals surface area contributed by atoms with Crippen molar-refractivity contribution in [1.29, 1.82) is 5.26 Å². The summed E-state index contributed by atoms with van der Waals surface area (Å²) in [6.45, 7) is 3.27. The van der Waals surface area contributed by atoms with Gasteiger partial charge in [-0.3, -0.25) is 4.90 Å². The molecule has 168 valence electrons. The molecule has 0 radical (unpaired) electrons. The van der Waals surface area contributed by atoms with Gasteiger partial charge >= 0.3 is 12.1 Å². The van der Waals surface area contributed by atoms with Crippen molar-refractivity contribution in [3.63, 3.8) is 0 Å². The molecule has 1 N–H and O–H groups in total. The lowest BCUT2D eigenvalue weighted by Crippen LogP contribution is -2.47. The average Bonchev–Trinajstić information content (AvgIpc) is 3.27. The number of nitrogens with zero attached hydrogens (tertiary/aromatic N) is 6. The molecule has 0 aliphatic carbocycles. The van der Waals surface area contributed by atoms with Crippen molar-refractivity contribution >= 4 is 17.6 Å². The quantitative estimate of drug-likeness (QED) is 0.629. The van der Waals surface area contributed by atoms with Gasteiger partial charge in [0.1, 0.15) is 5.54 Å². The number of fused-ring (bicyclic) bond motifs is 1. The zero-order valence-electron chi connectivity index (χ0n) is 17.5. The van der Waals surface area contributed by atoms with Crippen molar-refractivity contribution in [3.8, 4) is 6.07 Å². The van der Waals surface area contributed by atoms with Crippen molar-refractivity contribution in [3.05, 3.63) is 76.5 Å². The normalized spacial score (nSPS) is 18.1. The van der Waals surface area contributed by atoms with Crippen molar-refractivity contribution in [2.75, 3.05) is 4.90 Å². The van der Waals surface area contributed by atoms with Crippen molar-refractivity contribution in [2.45, 2.75) is 32.0 Å². The Hall–Kier alpha value is -4.20. The molecule has 8 nitrogen and oxygen atoms in total. The van der Waals surface area contributed by atoms with Gasteiger partial charge in [0.15, 0.2) is 0 Å². The largest absolute Gasteiger partial charge is 0.478 e. The molecule has 1 aliphatic heterocycles. The highest BCUT2D eigenvalue weighted by Gasteiger charge is 2.50. The highest BCUT2D eigenvalue weighted by molar-refractivity contribution is 5.93. The molecule has 0 saturated carbocycles. The van der Waals surface area contributed by atoms with E-state index in [1.54, 1.807) is 31.2 Å². The Kier molecular flexibility index (Phi) is 5.16. The van der Waals surface area contributed by atoms with Crippen LogP contribution in [0.15, 0.2) is 59.8 Å². The van der Waals surface area contributed by atoms with E-state index in [9.17, 15) is 23.1 Å². The second-order valence-electron chi connectivity index (χ2n) is 7.44. The Balaban J connectivity index is 2.02. The maximum atomic E-state index is 13.3. The first kappa shape index (κ1) is 22.0. The smallest absolute Gasteiger partial charge is 0.416 e. The molecule has 1 atom stereocenters. The lowest BCUT2D eigenvalue weighted by atomic mass is 9.77. The van der Waals surface area contributed by atoms with Crippen molar-refractivity contribution in [1.82, 2.24) is 20.2 Å². The third-order valence-corrected chi connectivity index (χ3v) is 5.77. The lowest BCUT2D eigenvalue weighted by molar-refractivity contribution is -0.137. The first-order valence-corrected chi connectivity index (χ1v) is 9.86. The highest BCUT2D eigenvalue weighted by atomic mass is 19.4. The molecule has 0 bridgehead atoms. The molecule has 0 amide bonds. The molecule has 33 heavy (non-hydrogen) atoms.